The molecule has 1 saturated carbocycles. The van der Waals surface area contributed by atoms with Crippen molar-refractivity contribution in [1.29, 1.82) is 0 Å². The molecule has 1 heterocycles. The van der Waals surface area contributed by atoms with Crippen molar-refractivity contribution in [3.63, 3.8) is 0 Å². The average molecular weight is 267 g/mol. The van der Waals surface area contributed by atoms with Crippen LogP contribution in [0.25, 0.3) is 0 Å². The molecule has 2 rings (SSSR count). The molecule has 1 aliphatic rings. The van der Waals surface area contributed by atoms with Gasteiger partial charge in [-0.15, -0.1) is 12.4 Å². The first-order valence-electron chi connectivity index (χ1n) is 5.26. The zero-order valence-corrected chi connectivity index (χ0v) is 10.1. The van der Waals surface area contributed by atoms with Crippen molar-refractivity contribution in [2.24, 2.45) is 0 Å². The van der Waals surface area contributed by atoms with Crippen molar-refractivity contribution < 1.29 is 13.2 Å². The second-order valence-electron chi connectivity index (χ2n) is 4.13. The molecule has 1 aliphatic carbocycles. The standard InChI is InChI=1S/C11H13F3N2.ClH/c1-7(16-9-3-4-9)10-5-2-8(6-15-10)11(12,13)14;/h2,5-7,9,16H,3-4H2,1H3;1H/t7-;/m0./s1. The number of hydrogen-bond acceptors (Lipinski definition) is 2. The molecule has 1 N–H and O–H groups in total. The first-order chi connectivity index (χ1) is 7.47. The molecule has 0 saturated heterocycles. The van der Waals surface area contributed by atoms with Gasteiger partial charge in [-0.25, -0.2) is 0 Å². The molecule has 1 atom stereocenters. The zero-order chi connectivity index (χ0) is 11.8. The Hall–Kier alpha value is -0.810. The molecular formula is C11H14ClF3N2. The minimum absolute atomic E-state index is 0. The Kier molecular flexibility index (Phi) is 4.38. The van der Waals surface area contributed by atoms with Gasteiger partial charge >= 0.3 is 6.18 Å². The number of aromatic nitrogens is 1. The number of nitrogens with zero attached hydrogens (tertiary/aromatic N) is 1. The summed E-state index contributed by atoms with van der Waals surface area (Å²) < 4.78 is 36.9. The van der Waals surface area contributed by atoms with Crippen LogP contribution in [-0.2, 0) is 6.18 Å². The van der Waals surface area contributed by atoms with Crippen LogP contribution in [-0.4, -0.2) is 11.0 Å². The lowest BCUT2D eigenvalue weighted by Crippen LogP contribution is -2.21. The lowest BCUT2D eigenvalue weighted by atomic mass is 10.2. The smallest absolute Gasteiger partial charge is 0.306 e. The normalized spacial score (nSPS) is 17.4. The van der Waals surface area contributed by atoms with Gasteiger partial charge in [0.2, 0.25) is 0 Å². The first kappa shape index (κ1) is 14.3. The Morgan fingerprint density at radius 2 is 2.00 bits per heavy atom. The number of hydrogen-bond donors (Lipinski definition) is 1. The van der Waals surface area contributed by atoms with E-state index in [1.54, 1.807) is 0 Å². The Balaban J connectivity index is 0.00000144. The van der Waals surface area contributed by atoms with Crippen LogP contribution < -0.4 is 5.32 Å². The molecule has 6 heteroatoms. The topological polar surface area (TPSA) is 24.9 Å². The summed E-state index contributed by atoms with van der Waals surface area (Å²) in [6.45, 7) is 1.91. The lowest BCUT2D eigenvalue weighted by molar-refractivity contribution is -0.137. The van der Waals surface area contributed by atoms with Gasteiger partial charge in [-0.3, -0.25) is 4.98 Å². The van der Waals surface area contributed by atoms with Crippen LogP contribution in [0.2, 0.25) is 0 Å². The molecule has 2 nitrogen and oxygen atoms in total. The maximum atomic E-state index is 12.3. The highest BCUT2D eigenvalue weighted by atomic mass is 35.5. The van der Waals surface area contributed by atoms with E-state index in [-0.39, 0.29) is 18.4 Å². The molecule has 1 fully saturated rings. The van der Waals surface area contributed by atoms with Crippen molar-refractivity contribution >= 4 is 12.4 Å². The van der Waals surface area contributed by atoms with Crippen LogP contribution in [0.1, 0.15) is 37.1 Å². The fraction of sp³-hybridized carbons (Fsp3) is 0.545. The highest BCUT2D eigenvalue weighted by molar-refractivity contribution is 5.85. The zero-order valence-electron chi connectivity index (χ0n) is 9.29. The first-order valence-corrected chi connectivity index (χ1v) is 5.26. The summed E-state index contributed by atoms with van der Waals surface area (Å²) in [4.78, 5) is 3.84. The molecule has 0 spiro atoms. The van der Waals surface area contributed by atoms with E-state index >= 15 is 0 Å². The molecule has 0 bridgehead atoms. The van der Waals surface area contributed by atoms with Gasteiger partial charge in [0.15, 0.2) is 0 Å². The van der Waals surface area contributed by atoms with E-state index in [4.69, 9.17) is 0 Å². The summed E-state index contributed by atoms with van der Waals surface area (Å²) in [5, 5.41) is 3.28. The largest absolute Gasteiger partial charge is 0.417 e. The SMILES string of the molecule is C[C@H](NC1CC1)c1ccc(C(F)(F)F)cn1.Cl. The van der Waals surface area contributed by atoms with Crippen LogP contribution in [0, 0.1) is 0 Å². The van der Waals surface area contributed by atoms with Crippen molar-refractivity contribution in [1.82, 2.24) is 10.3 Å². The summed E-state index contributed by atoms with van der Waals surface area (Å²) in [6, 6.07) is 3.03. The second-order valence-corrected chi connectivity index (χ2v) is 4.13. The lowest BCUT2D eigenvalue weighted by Gasteiger charge is -2.13. The Morgan fingerprint density at radius 1 is 1.35 bits per heavy atom. The molecule has 96 valence electrons. The summed E-state index contributed by atoms with van der Waals surface area (Å²) in [5.74, 6) is 0. The van der Waals surface area contributed by atoms with Crippen LogP contribution in [0.15, 0.2) is 18.3 Å². The third-order valence-corrected chi connectivity index (χ3v) is 2.62. The average Bonchev–Trinajstić information content (AvgIpc) is 3.00. The van der Waals surface area contributed by atoms with Crippen molar-refractivity contribution in [3.05, 3.63) is 29.6 Å². The van der Waals surface area contributed by atoms with Crippen LogP contribution in [0.4, 0.5) is 13.2 Å². The van der Waals surface area contributed by atoms with Gasteiger partial charge in [0.1, 0.15) is 0 Å². The van der Waals surface area contributed by atoms with E-state index in [0.717, 1.165) is 25.1 Å². The Morgan fingerprint density at radius 3 is 2.41 bits per heavy atom. The van der Waals surface area contributed by atoms with Crippen LogP contribution >= 0.6 is 12.4 Å². The Bertz CT molecular complexity index is 360. The molecule has 1 aromatic rings. The van der Waals surface area contributed by atoms with E-state index in [0.29, 0.717) is 11.7 Å². The molecule has 1 aromatic heterocycles. The van der Waals surface area contributed by atoms with Crippen LogP contribution in [0.3, 0.4) is 0 Å². The molecule has 17 heavy (non-hydrogen) atoms. The van der Waals surface area contributed by atoms with Gasteiger partial charge in [0.25, 0.3) is 0 Å². The van der Waals surface area contributed by atoms with Gasteiger partial charge in [-0.1, -0.05) is 0 Å². The van der Waals surface area contributed by atoms with E-state index < -0.39 is 11.7 Å². The summed E-state index contributed by atoms with van der Waals surface area (Å²) in [7, 11) is 0. The van der Waals surface area contributed by atoms with Gasteiger partial charge < -0.3 is 5.32 Å². The Labute approximate surface area is 104 Å². The number of halogens is 4. The summed E-state index contributed by atoms with van der Waals surface area (Å²) in [6.07, 6.45) is -1.13. The maximum Gasteiger partial charge on any atom is 0.417 e. The monoisotopic (exact) mass is 266 g/mol. The number of rotatable bonds is 3. The van der Waals surface area contributed by atoms with E-state index in [1.165, 1.54) is 6.07 Å². The molecule has 0 unspecified atom stereocenters. The second kappa shape index (κ2) is 5.23. The fourth-order valence-electron chi connectivity index (χ4n) is 1.52. The number of alkyl halides is 3. The predicted octanol–water partition coefficient (Wildman–Crippen LogP) is 3.34. The molecule has 0 radical (unpaired) electrons. The number of pyridine rings is 1. The van der Waals surface area contributed by atoms with Crippen molar-refractivity contribution in [2.45, 2.75) is 38.0 Å². The minimum atomic E-state index is -4.31. The summed E-state index contributed by atoms with van der Waals surface area (Å²) in [5.41, 5.74) is -0.0465. The number of nitrogens with one attached hydrogen (secondary N) is 1. The quantitative estimate of drug-likeness (QED) is 0.908. The molecule has 0 aromatic carbocycles. The van der Waals surface area contributed by atoms with Gasteiger partial charge in [-0.2, -0.15) is 13.2 Å². The minimum Gasteiger partial charge on any atom is -0.306 e. The highest BCUT2D eigenvalue weighted by Gasteiger charge is 2.31. The highest BCUT2D eigenvalue weighted by Crippen LogP contribution is 2.29. The van der Waals surface area contributed by atoms with E-state index in [1.807, 2.05) is 6.92 Å². The summed E-state index contributed by atoms with van der Waals surface area (Å²) >= 11 is 0. The van der Waals surface area contributed by atoms with Gasteiger partial charge in [0.05, 0.1) is 11.3 Å². The van der Waals surface area contributed by atoms with Crippen molar-refractivity contribution in [2.75, 3.05) is 0 Å². The predicted molar refractivity (Wildman–Crippen MR) is 61.1 cm³/mol. The van der Waals surface area contributed by atoms with Crippen molar-refractivity contribution in [3.8, 4) is 0 Å². The van der Waals surface area contributed by atoms with Crippen LogP contribution in [0.5, 0.6) is 0 Å². The van der Waals surface area contributed by atoms with Gasteiger partial charge in [-0.05, 0) is 31.9 Å². The molecule has 0 amide bonds. The fourth-order valence-corrected chi connectivity index (χ4v) is 1.52. The molecular weight excluding hydrogens is 253 g/mol. The maximum absolute atomic E-state index is 12.3. The van der Waals surface area contributed by atoms with Gasteiger partial charge in [0, 0.05) is 18.3 Å². The van der Waals surface area contributed by atoms with E-state index in [2.05, 4.69) is 10.3 Å². The third kappa shape index (κ3) is 3.85. The third-order valence-electron chi connectivity index (χ3n) is 2.62. The molecule has 0 aliphatic heterocycles. The van der Waals surface area contributed by atoms with E-state index in [9.17, 15) is 13.2 Å².